The van der Waals surface area contributed by atoms with E-state index in [1.807, 2.05) is 27.7 Å². The summed E-state index contributed by atoms with van der Waals surface area (Å²) in [5.74, 6) is -0.671. The minimum Gasteiger partial charge on any atom is -0.780 e. The van der Waals surface area contributed by atoms with Gasteiger partial charge in [0, 0.05) is 75.0 Å². The summed E-state index contributed by atoms with van der Waals surface area (Å²) in [5.41, 5.74) is 12.0. The number of ether oxygens (including phenoxy) is 7. The van der Waals surface area contributed by atoms with Gasteiger partial charge in [-0.15, -0.1) is 0 Å². The van der Waals surface area contributed by atoms with Gasteiger partial charge in [0.15, 0.2) is 18.0 Å². The van der Waals surface area contributed by atoms with E-state index >= 15 is 0 Å². The number of carbonyl (C=O) groups excluding carboxylic acids is 1. The number of hydrogen-bond acceptors (Lipinski definition) is 39. The molecule has 6 aromatic rings. The van der Waals surface area contributed by atoms with Crippen molar-refractivity contribution in [2.24, 2.45) is 17.8 Å². The van der Waals surface area contributed by atoms with Crippen molar-refractivity contribution < 1.29 is 98.1 Å². The zero-order valence-corrected chi connectivity index (χ0v) is 69.3. The highest BCUT2D eigenvalue weighted by atomic mass is 79.9. The number of nitrogens with zero attached hydrogens (tertiary/aromatic N) is 9. The Balaban J connectivity index is 0.810. The van der Waals surface area contributed by atoms with E-state index in [1.54, 1.807) is 0 Å². The van der Waals surface area contributed by atoms with Crippen molar-refractivity contribution in [2.45, 2.75) is 166 Å². The first kappa shape index (κ1) is 88.6. The number of carbonyl (C=O) groups is 1. The Morgan fingerprint density at radius 1 is 0.611 bits per heavy atom. The number of nitrogen functional groups attached to an aromatic ring is 3. The van der Waals surface area contributed by atoms with Crippen molar-refractivity contribution in [3.05, 3.63) is 126 Å². The SMILES string of the molecule is Cc1cn([C@H]2CC(OP(=S)(OCCOCCOCCCC(=O)C(C)C)OC[C@H]3O[C@@H](n4ccc(N)nc4=O)CC3C(C)C)[C@@H](COP([O-])(=S)OC3C[C@H](n4cnc5c(=O)[nH]c(N)nc54)O[C@@H]3COP(=O)([S-])OC3C[C@H](n4ccc(N)nc4=O)O[C@@H]3COP([O-])(=S)OC3C[C@H](n4cc(Br)c(=O)[nH]c4=O)O[C@@H]3CO)O2)c(=O)[nH]c1=O. The van der Waals surface area contributed by atoms with Gasteiger partial charge in [0.05, 0.1) is 101 Å². The van der Waals surface area contributed by atoms with Crippen LogP contribution in [0, 0.1) is 24.7 Å². The van der Waals surface area contributed by atoms with Gasteiger partial charge in [0.1, 0.15) is 86.4 Å². The Labute approximate surface area is 669 Å². The van der Waals surface area contributed by atoms with Crippen LogP contribution >= 0.6 is 42.9 Å². The van der Waals surface area contributed by atoms with E-state index in [0.29, 0.717) is 25.9 Å². The number of rotatable bonds is 39. The molecule has 0 amide bonds. The highest BCUT2D eigenvalue weighted by Crippen LogP contribution is 2.57. The van der Waals surface area contributed by atoms with E-state index in [2.05, 4.69) is 50.8 Å². The van der Waals surface area contributed by atoms with Gasteiger partial charge >= 0.3 is 29.5 Å². The van der Waals surface area contributed by atoms with E-state index in [-0.39, 0.29) is 121 Å². The molecule has 0 bridgehead atoms. The second-order valence-corrected chi connectivity index (χ2v) is 39.2. The lowest BCUT2D eigenvalue weighted by molar-refractivity contribution is -0.216. The van der Waals surface area contributed by atoms with Crippen LogP contribution in [0.4, 0.5) is 17.6 Å². The van der Waals surface area contributed by atoms with Crippen LogP contribution in [0.15, 0.2) is 81.3 Å². The first-order chi connectivity index (χ1) is 53.4. The number of anilines is 3. The third kappa shape index (κ3) is 23.0. The Hall–Kier alpha value is -5.21. The predicted molar refractivity (Wildman–Crippen MR) is 409 cm³/mol. The molecule has 6 aromatic heterocycles. The van der Waals surface area contributed by atoms with Crippen LogP contribution in [-0.2, 0) is 131 Å². The second kappa shape index (κ2) is 38.2. The fourth-order valence-corrected chi connectivity index (χ4v) is 19.7. The lowest BCUT2D eigenvalue weighted by Gasteiger charge is -2.35. The van der Waals surface area contributed by atoms with Gasteiger partial charge in [-0.1, -0.05) is 51.3 Å². The number of Topliss-reactive ketones (excluding diaryl/α,β-unsaturated/α-hetero) is 1. The number of nitrogens with two attached hydrogens (primary N) is 3. The van der Waals surface area contributed by atoms with Gasteiger partial charge in [-0.25, -0.2) is 24.2 Å². The molecular weight excluding hydrogens is 1720 g/mol. The Bertz CT molecular complexity index is 5040. The zero-order valence-electron chi connectivity index (χ0n) is 60.9. The number of ketones is 1. The van der Waals surface area contributed by atoms with Crippen molar-refractivity contribution >= 4 is 125 Å². The van der Waals surface area contributed by atoms with Gasteiger partial charge in [-0.3, -0.25) is 61.5 Å². The molecule has 0 radical (unpaired) electrons. The maximum Gasteiger partial charge on any atom is 0.351 e. The number of nitrogens with one attached hydrogen (secondary N) is 3. The van der Waals surface area contributed by atoms with Crippen LogP contribution in [0.5, 0.6) is 0 Å². The molecule has 624 valence electrons. The van der Waals surface area contributed by atoms with Gasteiger partial charge in [0.25, 0.3) is 16.7 Å². The smallest absolute Gasteiger partial charge is 0.351 e. The van der Waals surface area contributed by atoms with E-state index in [0.717, 1.165) is 19.9 Å². The fraction of sp³-hybridized carbons (Fsp3) is 0.639. The van der Waals surface area contributed by atoms with E-state index < -0.39 is 179 Å². The normalized spacial score (nSPS) is 27.5. The molecule has 5 fully saturated rings. The summed E-state index contributed by atoms with van der Waals surface area (Å²) in [6.45, 7) is -12.4. The summed E-state index contributed by atoms with van der Waals surface area (Å²) >= 11 is 25.6. The molecule has 113 heavy (non-hydrogen) atoms. The van der Waals surface area contributed by atoms with E-state index in [9.17, 15) is 57.8 Å². The number of aliphatic hydroxyl groups excluding tert-OH is 1. The third-order valence-electron chi connectivity index (χ3n) is 18.7. The standard InChI is InChI=1S/C61H86BrN15O28P4S4/c1-30(2)33-17-47(73-10-8-45(63)67-58(73)83)98-41(33)25-96-109(113,92-16-15-91-14-13-90-12-6-7-35(79)31(3)4)105-39-21-49(75-22-32(5)54(80)71-60(75)85)100-44(39)28-95-108(89,112)104-38-20-51(77-29-66-52-53(77)69-57(65)70-56(52)82)101-43(38)27-94-107(88,111)103-37-19-48(74-11-9-46(64)68-59(74)84)99-42(37)26-93-106(87,110)102-36-18-50(97-40(36)24-78)76-23-34(62)55(81)72-61(76)86/h8-11,22-23,29-31,33,36-44,47-51,78H,6-7,12-21,24-28H2,1-5H3,(H,87,110)(H,88,111)(H,89,112)(H2,63,67,83)(H2,64,68,84)(H,71,80,85)(H,72,81,86)(H3,65,69,70,82)/p-3/t33?,36?,37?,38?,39?,40-,41-,42-,43-,44-,47-,48-,49-,50-,51-,106?,107?,108?,109?/m1/s1. The number of aliphatic hydroxyl groups is 1. The minimum atomic E-state index is -4.90. The summed E-state index contributed by atoms with van der Waals surface area (Å²) in [4.78, 5) is 154. The molecule has 43 nitrogen and oxygen atoms in total. The Morgan fingerprint density at radius 2 is 1.09 bits per heavy atom. The molecule has 5 aliphatic rings. The van der Waals surface area contributed by atoms with Crippen LogP contribution in [0.25, 0.3) is 11.2 Å². The summed E-state index contributed by atoms with van der Waals surface area (Å²) < 4.78 is 118. The van der Waals surface area contributed by atoms with E-state index in [1.165, 1.54) is 53.1 Å². The quantitative estimate of drug-likeness (QED) is 0.0161. The number of imidazole rings is 1. The number of fused-ring (bicyclic) bond motifs is 1. The average Bonchev–Trinajstić information content (AvgIpc) is 1.63. The summed E-state index contributed by atoms with van der Waals surface area (Å²) in [6, 6.07) is 2.75. The molecule has 10 N–H and O–H groups in total. The molecule has 0 saturated carbocycles. The molecule has 5 aliphatic heterocycles. The average molecular weight is 1810 g/mol. The van der Waals surface area contributed by atoms with Gasteiger partial charge in [0.2, 0.25) is 5.95 Å². The number of H-pyrrole nitrogens is 3. The maximum atomic E-state index is 14.9. The number of aryl methyl sites for hydroxylation is 1. The molecule has 0 aliphatic carbocycles. The first-order valence-electron chi connectivity index (χ1n) is 35.2. The van der Waals surface area contributed by atoms with Crippen molar-refractivity contribution in [3.8, 4) is 0 Å². The van der Waals surface area contributed by atoms with Gasteiger partial charge in [-0.2, -0.15) is 15.0 Å². The number of hydrogen-bond donors (Lipinski definition) is 7. The van der Waals surface area contributed by atoms with Crippen LogP contribution < -0.4 is 66.4 Å². The predicted octanol–water partition coefficient (Wildman–Crippen LogP) is 0.965. The molecule has 11 heterocycles. The Morgan fingerprint density at radius 3 is 1.65 bits per heavy atom. The second-order valence-electron chi connectivity index (χ2n) is 27.2. The molecule has 0 spiro atoms. The molecule has 0 aromatic carbocycles. The van der Waals surface area contributed by atoms with Crippen LogP contribution in [0.3, 0.4) is 0 Å². The lowest BCUT2D eigenvalue weighted by atomic mass is 9.89. The minimum absolute atomic E-state index is 0.0145. The van der Waals surface area contributed by atoms with Crippen molar-refractivity contribution in [1.82, 2.24) is 57.7 Å². The topological polar surface area (TPSA) is 569 Å². The lowest BCUT2D eigenvalue weighted by Crippen LogP contribution is -2.34. The van der Waals surface area contributed by atoms with Crippen LogP contribution in [-0.4, -0.2) is 190 Å². The van der Waals surface area contributed by atoms with Gasteiger partial charge in [-0.05, 0) is 71.5 Å². The number of aromatic nitrogens is 12. The summed E-state index contributed by atoms with van der Waals surface area (Å²) in [7, 11) is 0. The summed E-state index contributed by atoms with van der Waals surface area (Å²) in [5, 5.41) is 10.2. The van der Waals surface area contributed by atoms with Crippen LogP contribution in [0.1, 0.15) is 109 Å². The molecule has 19 atom stereocenters. The molecule has 52 heteroatoms. The zero-order chi connectivity index (χ0) is 81.6. The molecule has 9 unspecified atom stereocenters. The third-order valence-corrected chi connectivity index (χ3v) is 26.3. The summed E-state index contributed by atoms with van der Waals surface area (Å²) in [6.07, 6.45) is -11.0. The van der Waals surface area contributed by atoms with Gasteiger partial charge < -0.3 is 118 Å². The molecule has 5 saturated heterocycles. The molecule has 11 rings (SSSR count). The van der Waals surface area contributed by atoms with E-state index in [4.69, 9.17) is 139 Å². The highest BCUT2D eigenvalue weighted by molar-refractivity contribution is 9.10. The monoisotopic (exact) mass is 1800 g/mol. The first-order valence-corrected chi connectivity index (χ1v) is 46.3. The maximum absolute atomic E-state index is 14.9. The van der Waals surface area contributed by atoms with Crippen molar-refractivity contribution in [3.63, 3.8) is 0 Å². The number of halogens is 1. The van der Waals surface area contributed by atoms with Crippen LogP contribution in [0.2, 0.25) is 0 Å². The largest absolute Gasteiger partial charge is 0.780 e. The van der Waals surface area contributed by atoms with Crippen molar-refractivity contribution in [1.29, 1.82) is 0 Å². The highest BCUT2D eigenvalue weighted by Gasteiger charge is 2.48. The van der Waals surface area contributed by atoms with Crippen molar-refractivity contribution in [2.75, 3.05) is 83.3 Å². The Kier molecular flexibility index (Phi) is 30.0. The fourth-order valence-electron chi connectivity index (χ4n) is 12.9. The molecular formula is C61H83BrN15O28P4S4-3. The number of aromatic amines is 3.